The van der Waals surface area contributed by atoms with Crippen molar-refractivity contribution in [3.63, 3.8) is 0 Å². The van der Waals surface area contributed by atoms with Gasteiger partial charge in [0.05, 0.1) is 11.2 Å². The molecule has 4 rings (SSSR count). The molecule has 2 bridgehead atoms. The third-order valence-corrected chi connectivity index (χ3v) is 5.08. The number of rotatable bonds is 2. The van der Waals surface area contributed by atoms with Crippen molar-refractivity contribution in [1.82, 2.24) is 0 Å². The van der Waals surface area contributed by atoms with Gasteiger partial charge in [0, 0.05) is 0 Å². The van der Waals surface area contributed by atoms with E-state index < -0.39 is 0 Å². The van der Waals surface area contributed by atoms with Crippen molar-refractivity contribution >= 4 is 0 Å². The van der Waals surface area contributed by atoms with Crippen molar-refractivity contribution in [2.45, 2.75) is 43.3 Å². The van der Waals surface area contributed by atoms with Crippen LogP contribution in [0.25, 0.3) is 0 Å². The maximum atomic E-state index is 6.74. The van der Waals surface area contributed by atoms with Gasteiger partial charge >= 0.3 is 0 Å². The Balaban J connectivity index is 1.74. The highest BCUT2D eigenvalue weighted by molar-refractivity contribution is 5.30. The van der Waals surface area contributed by atoms with Crippen LogP contribution in [-0.4, -0.2) is 0 Å². The molecule has 2 aromatic carbocycles. The molecule has 2 aliphatic heterocycles. The smallest absolute Gasteiger partial charge is 0.0944 e. The fourth-order valence-electron chi connectivity index (χ4n) is 4.07. The fraction of sp³-hybridized carbons (Fsp3) is 0.368. The zero-order chi connectivity index (χ0) is 13.5. The lowest BCUT2D eigenvalue weighted by Gasteiger charge is -2.41. The molecule has 2 fully saturated rings. The van der Waals surface area contributed by atoms with Crippen LogP contribution in [0.15, 0.2) is 60.7 Å². The topological polar surface area (TPSA) is 9.23 Å². The van der Waals surface area contributed by atoms with E-state index in [0.717, 1.165) is 25.7 Å². The summed E-state index contributed by atoms with van der Waals surface area (Å²) in [4.78, 5) is 0. The molecule has 0 N–H and O–H groups in total. The number of ether oxygens (including phenoxy) is 1. The van der Waals surface area contributed by atoms with Gasteiger partial charge in [-0.3, -0.25) is 0 Å². The molecule has 0 saturated carbocycles. The summed E-state index contributed by atoms with van der Waals surface area (Å²) in [5.41, 5.74) is 2.63. The van der Waals surface area contributed by atoms with E-state index >= 15 is 0 Å². The minimum Gasteiger partial charge on any atom is -0.359 e. The van der Waals surface area contributed by atoms with Crippen molar-refractivity contribution < 1.29 is 4.74 Å². The van der Waals surface area contributed by atoms with Crippen LogP contribution in [0, 0.1) is 0 Å². The van der Waals surface area contributed by atoms with E-state index in [0.29, 0.717) is 0 Å². The molecule has 2 heterocycles. The first-order valence-electron chi connectivity index (χ1n) is 7.64. The fourth-order valence-corrected chi connectivity index (χ4v) is 4.07. The molecule has 2 atom stereocenters. The monoisotopic (exact) mass is 264 g/mol. The molecule has 1 heteroatoms. The molecule has 1 nitrogen and oxygen atoms in total. The van der Waals surface area contributed by atoms with Crippen LogP contribution in [-0.2, 0) is 15.9 Å². The van der Waals surface area contributed by atoms with Gasteiger partial charge in [0.2, 0.25) is 0 Å². The summed E-state index contributed by atoms with van der Waals surface area (Å²) in [7, 11) is 0. The Morgan fingerprint density at radius 3 is 1.50 bits per heavy atom. The molecule has 2 unspecified atom stereocenters. The first-order valence-corrected chi connectivity index (χ1v) is 7.64. The highest BCUT2D eigenvalue weighted by atomic mass is 16.5. The second-order valence-electron chi connectivity index (χ2n) is 6.18. The molecule has 20 heavy (non-hydrogen) atoms. The standard InChI is InChI=1S/C19H20O/c1-3-8-16(9-4-1)18-12-7-13-19(20-18,15-14-18)17-10-5-2-6-11-17/h1-6,8-11H,7,12-15H2. The van der Waals surface area contributed by atoms with Crippen molar-refractivity contribution in [1.29, 1.82) is 0 Å². The summed E-state index contributed by atoms with van der Waals surface area (Å²) in [6.45, 7) is 0. The van der Waals surface area contributed by atoms with E-state index in [2.05, 4.69) is 60.7 Å². The Morgan fingerprint density at radius 2 is 1.05 bits per heavy atom. The molecule has 2 aliphatic rings. The van der Waals surface area contributed by atoms with Gasteiger partial charge in [-0.05, 0) is 43.2 Å². The first kappa shape index (κ1) is 12.2. The Labute approximate surface area is 120 Å². The summed E-state index contributed by atoms with van der Waals surface area (Å²) < 4.78 is 6.74. The molecule has 0 amide bonds. The predicted molar refractivity (Wildman–Crippen MR) is 80.4 cm³/mol. The lowest BCUT2D eigenvalue weighted by Crippen LogP contribution is -2.36. The van der Waals surface area contributed by atoms with Gasteiger partial charge < -0.3 is 4.74 Å². The Hall–Kier alpha value is -1.60. The second-order valence-corrected chi connectivity index (χ2v) is 6.18. The van der Waals surface area contributed by atoms with Crippen molar-refractivity contribution in [2.75, 3.05) is 0 Å². The largest absolute Gasteiger partial charge is 0.359 e. The molecule has 0 aromatic heterocycles. The van der Waals surface area contributed by atoms with Gasteiger partial charge in [-0.15, -0.1) is 0 Å². The lowest BCUT2D eigenvalue weighted by molar-refractivity contribution is -0.149. The van der Waals surface area contributed by atoms with Crippen molar-refractivity contribution in [2.24, 2.45) is 0 Å². The minimum atomic E-state index is -0.0463. The van der Waals surface area contributed by atoms with Crippen LogP contribution in [0.5, 0.6) is 0 Å². The van der Waals surface area contributed by atoms with E-state index in [1.807, 2.05) is 0 Å². The summed E-state index contributed by atoms with van der Waals surface area (Å²) in [6, 6.07) is 21.6. The van der Waals surface area contributed by atoms with Crippen LogP contribution in [0.3, 0.4) is 0 Å². The maximum absolute atomic E-state index is 6.74. The summed E-state index contributed by atoms with van der Waals surface area (Å²) >= 11 is 0. The molecule has 2 saturated heterocycles. The zero-order valence-corrected chi connectivity index (χ0v) is 11.7. The molecule has 0 aliphatic carbocycles. The summed E-state index contributed by atoms with van der Waals surface area (Å²) in [6.07, 6.45) is 5.86. The van der Waals surface area contributed by atoms with E-state index in [-0.39, 0.29) is 11.2 Å². The van der Waals surface area contributed by atoms with Crippen LogP contribution >= 0.6 is 0 Å². The SMILES string of the molecule is c1ccc(C23CCCC(c4ccccc4)(CC2)O3)cc1. The van der Waals surface area contributed by atoms with Gasteiger partial charge in [0.25, 0.3) is 0 Å². The molecule has 102 valence electrons. The van der Waals surface area contributed by atoms with E-state index in [1.54, 1.807) is 0 Å². The lowest BCUT2D eigenvalue weighted by atomic mass is 9.85. The van der Waals surface area contributed by atoms with Crippen LogP contribution < -0.4 is 0 Å². The van der Waals surface area contributed by atoms with E-state index in [9.17, 15) is 0 Å². The molecular weight excluding hydrogens is 244 g/mol. The quantitative estimate of drug-likeness (QED) is 0.759. The molecule has 2 aromatic rings. The van der Waals surface area contributed by atoms with Crippen molar-refractivity contribution in [3.8, 4) is 0 Å². The Kier molecular flexibility index (Phi) is 2.71. The third-order valence-electron chi connectivity index (χ3n) is 5.08. The van der Waals surface area contributed by atoms with Crippen LogP contribution in [0.4, 0.5) is 0 Å². The average Bonchev–Trinajstić information content (AvgIpc) is 2.82. The van der Waals surface area contributed by atoms with Crippen molar-refractivity contribution in [3.05, 3.63) is 71.8 Å². The van der Waals surface area contributed by atoms with Gasteiger partial charge in [0.1, 0.15) is 0 Å². The Morgan fingerprint density at radius 1 is 0.600 bits per heavy atom. The maximum Gasteiger partial charge on any atom is 0.0944 e. The highest BCUT2D eigenvalue weighted by Crippen LogP contribution is 2.57. The van der Waals surface area contributed by atoms with Gasteiger partial charge in [0.15, 0.2) is 0 Å². The number of fused-ring (bicyclic) bond motifs is 2. The minimum absolute atomic E-state index is 0.0463. The number of benzene rings is 2. The van der Waals surface area contributed by atoms with Crippen LogP contribution in [0.1, 0.15) is 43.2 Å². The average molecular weight is 264 g/mol. The molecular formula is C19H20O. The second kappa shape index (κ2) is 4.46. The zero-order valence-electron chi connectivity index (χ0n) is 11.7. The number of hydrogen-bond donors (Lipinski definition) is 0. The third kappa shape index (κ3) is 1.73. The van der Waals surface area contributed by atoms with Gasteiger partial charge in [-0.1, -0.05) is 60.7 Å². The molecule has 0 spiro atoms. The summed E-state index contributed by atoms with van der Waals surface area (Å²) in [5, 5.41) is 0. The summed E-state index contributed by atoms with van der Waals surface area (Å²) in [5.74, 6) is 0. The number of hydrogen-bond acceptors (Lipinski definition) is 1. The van der Waals surface area contributed by atoms with Gasteiger partial charge in [-0.25, -0.2) is 0 Å². The first-order chi connectivity index (χ1) is 9.83. The van der Waals surface area contributed by atoms with Crippen LogP contribution in [0.2, 0.25) is 0 Å². The highest BCUT2D eigenvalue weighted by Gasteiger charge is 2.53. The normalized spacial score (nSPS) is 32.2. The van der Waals surface area contributed by atoms with Gasteiger partial charge in [-0.2, -0.15) is 0 Å². The predicted octanol–water partition coefficient (Wildman–Crippen LogP) is 4.77. The molecule has 0 radical (unpaired) electrons. The Bertz CT molecular complexity index is 538. The van der Waals surface area contributed by atoms with E-state index in [4.69, 9.17) is 4.74 Å². The van der Waals surface area contributed by atoms with E-state index in [1.165, 1.54) is 17.5 Å².